The summed E-state index contributed by atoms with van der Waals surface area (Å²) < 4.78 is 0. The Kier molecular flexibility index (Phi) is 2.71. The molecule has 3 heteroatoms. The summed E-state index contributed by atoms with van der Waals surface area (Å²) in [5.74, 6) is 0.680. The van der Waals surface area contributed by atoms with Crippen LogP contribution in [0.15, 0.2) is 35.7 Å². The van der Waals surface area contributed by atoms with Crippen molar-refractivity contribution in [1.29, 1.82) is 0 Å². The van der Waals surface area contributed by atoms with Gasteiger partial charge < -0.3 is 4.90 Å². The fourth-order valence-corrected chi connectivity index (χ4v) is 4.82. The van der Waals surface area contributed by atoms with Gasteiger partial charge >= 0.3 is 0 Å². The summed E-state index contributed by atoms with van der Waals surface area (Å²) in [6, 6.07) is 10.6. The summed E-state index contributed by atoms with van der Waals surface area (Å²) in [6.07, 6.45) is 2.30. The van der Waals surface area contributed by atoms with Gasteiger partial charge in [-0.2, -0.15) is 0 Å². The highest BCUT2D eigenvalue weighted by Gasteiger charge is 2.45. The number of nitrogens with zero attached hydrogens (tertiary/aromatic N) is 1. The molecular formula is C17H17NOS. The van der Waals surface area contributed by atoms with Gasteiger partial charge in [-0.15, -0.1) is 11.3 Å². The Balaban J connectivity index is 1.88. The van der Waals surface area contributed by atoms with E-state index in [1.54, 1.807) is 0 Å². The molecule has 20 heavy (non-hydrogen) atoms. The fraction of sp³-hybridized carbons (Fsp3) is 0.353. The molecule has 0 radical (unpaired) electrons. The van der Waals surface area contributed by atoms with E-state index in [2.05, 4.69) is 35.4 Å². The van der Waals surface area contributed by atoms with E-state index in [1.807, 2.05) is 23.5 Å². The van der Waals surface area contributed by atoms with Gasteiger partial charge in [0.25, 0.3) is 5.91 Å². The fourth-order valence-electron chi connectivity index (χ4n) is 3.73. The second kappa shape index (κ2) is 4.45. The van der Waals surface area contributed by atoms with Crippen LogP contribution >= 0.6 is 11.3 Å². The second-order valence-electron chi connectivity index (χ2n) is 5.67. The number of thiophene rings is 1. The van der Waals surface area contributed by atoms with Gasteiger partial charge in [-0.25, -0.2) is 0 Å². The number of carbonyl (C=O) groups is 1. The smallest absolute Gasteiger partial charge is 0.255 e. The zero-order valence-corrected chi connectivity index (χ0v) is 12.3. The van der Waals surface area contributed by atoms with Crippen molar-refractivity contribution in [2.24, 2.45) is 0 Å². The lowest BCUT2D eigenvalue weighted by Gasteiger charge is -2.37. The molecule has 3 heterocycles. The van der Waals surface area contributed by atoms with Crippen LogP contribution in [0.1, 0.15) is 58.1 Å². The van der Waals surface area contributed by atoms with E-state index in [4.69, 9.17) is 0 Å². The van der Waals surface area contributed by atoms with Crippen molar-refractivity contribution in [2.75, 3.05) is 0 Å². The highest BCUT2D eigenvalue weighted by atomic mass is 32.1. The Labute approximate surface area is 123 Å². The standard InChI is InChI=1S/C17H17NOS/c1-2-5-14-15-12-6-3-4-7-13(12)17(19)18(15)10-11-8-9-20-16(11)14/h3-4,6-9,14-15H,2,5,10H2,1H3/t14-,15+/m0/s1. The lowest BCUT2D eigenvalue weighted by molar-refractivity contribution is 0.0658. The van der Waals surface area contributed by atoms with E-state index in [9.17, 15) is 4.79 Å². The van der Waals surface area contributed by atoms with E-state index in [1.165, 1.54) is 16.0 Å². The van der Waals surface area contributed by atoms with Gasteiger partial charge in [-0.05, 0) is 35.1 Å². The van der Waals surface area contributed by atoms with E-state index < -0.39 is 0 Å². The molecule has 0 unspecified atom stereocenters. The van der Waals surface area contributed by atoms with E-state index in [-0.39, 0.29) is 11.9 Å². The molecule has 0 N–H and O–H groups in total. The molecule has 4 rings (SSSR count). The highest BCUT2D eigenvalue weighted by molar-refractivity contribution is 7.10. The predicted molar refractivity (Wildman–Crippen MR) is 81.0 cm³/mol. The molecule has 0 saturated carbocycles. The summed E-state index contributed by atoms with van der Waals surface area (Å²) in [4.78, 5) is 16.2. The maximum Gasteiger partial charge on any atom is 0.255 e. The zero-order chi connectivity index (χ0) is 13.7. The lowest BCUT2D eigenvalue weighted by Crippen LogP contribution is -2.35. The van der Waals surface area contributed by atoms with Crippen LogP contribution in [-0.4, -0.2) is 10.8 Å². The molecule has 102 valence electrons. The van der Waals surface area contributed by atoms with Crippen LogP contribution in [-0.2, 0) is 6.54 Å². The summed E-state index contributed by atoms with van der Waals surface area (Å²) in [5.41, 5.74) is 3.50. The minimum Gasteiger partial charge on any atom is -0.327 e. The van der Waals surface area contributed by atoms with Crippen LogP contribution in [0.3, 0.4) is 0 Å². The van der Waals surface area contributed by atoms with E-state index >= 15 is 0 Å². The Morgan fingerprint density at radius 2 is 2.15 bits per heavy atom. The summed E-state index contributed by atoms with van der Waals surface area (Å²) >= 11 is 1.86. The number of hydrogen-bond acceptors (Lipinski definition) is 2. The van der Waals surface area contributed by atoms with Crippen molar-refractivity contribution in [3.8, 4) is 0 Å². The van der Waals surface area contributed by atoms with Crippen molar-refractivity contribution in [3.05, 3.63) is 57.3 Å². The average molecular weight is 283 g/mol. The summed E-state index contributed by atoms with van der Waals surface area (Å²) in [6.45, 7) is 3.01. The Bertz CT molecular complexity index is 675. The van der Waals surface area contributed by atoms with Crippen molar-refractivity contribution < 1.29 is 4.79 Å². The molecular weight excluding hydrogens is 266 g/mol. The molecule has 2 aliphatic heterocycles. The monoisotopic (exact) mass is 283 g/mol. The maximum absolute atomic E-state index is 12.6. The number of benzene rings is 1. The molecule has 0 saturated heterocycles. The molecule has 1 amide bonds. The minimum atomic E-state index is 0.212. The largest absolute Gasteiger partial charge is 0.327 e. The number of carbonyl (C=O) groups excluding carboxylic acids is 1. The Morgan fingerprint density at radius 3 is 3.00 bits per heavy atom. The Hall–Kier alpha value is -1.61. The highest BCUT2D eigenvalue weighted by Crippen LogP contribution is 2.51. The third kappa shape index (κ3) is 1.53. The number of hydrogen-bond donors (Lipinski definition) is 0. The molecule has 0 fully saturated rings. The van der Waals surface area contributed by atoms with Crippen LogP contribution < -0.4 is 0 Å². The number of amides is 1. The van der Waals surface area contributed by atoms with Gasteiger partial charge in [-0.1, -0.05) is 31.5 Å². The normalized spacial score (nSPS) is 23.4. The van der Waals surface area contributed by atoms with Crippen molar-refractivity contribution in [1.82, 2.24) is 4.90 Å². The molecule has 1 aromatic carbocycles. The molecule has 2 aliphatic rings. The second-order valence-corrected chi connectivity index (χ2v) is 6.62. The van der Waals surface area contributed by atoms with E-state index in [0.717, 1.165) is 24.9 Å². The van der Waals surface area contributed by atoms with Crippen molar-refractivity contribution in [2.45, 2.75) is 38.3 Å². The topological polar surface area (TPSA) is 20.3 Å². The molecule has 0 aliphatic carbocycles. The average Bonchev–Trinajstić information content (AvgIpc) is 3.04. The van der Waals surface area contributed by atoms with Crippen LogP contribution in [0.5, 0.6) is 0 Å². The molecule has 0 bridgehead atoms. The zero-order valence-electron chi connectivity index (χ0n) is 11.5. The quantitative estimate of drug-likeness (QED) is 0.802. The van der Waals surface area contributed by atoms with Gasteiger partial charge in [-0.3, -0.25) is 4.79 Å². The van der Waals surface area contributed by atoms with Gasteiger partial charge in [0.05, 0.1) is 6.04 Å². The third-order valence-corrected chi connectivity index (χ3v) is 5.64. The van der Waals surface area contributed by atoms with Crippen LogP contribution in [0.2, 0.25) is 0 Å². The van der Waals surface area contributed by atoms with Crippen molar-refractivity contribution in [3.63, 3.8) is 0 Å². The van der Waals surface area contributed by atoms with E-state index in [0.29, 0.717) is 5.92 Å². The molecule has 0 spiro atoms. The number of rotatable bonds is 2. The third-order valence-electron chi connectivity index (χ3n) is 4.55. The minimum absolute atomic E-state index is 0.212. The predicted octanol–water partition coefficient (Wildman–Crippen LogP) is 4.34. The van der Waals surface area contributed by atoms with Crippen LogP contribution in [0, 0.1) is 0 Å². The van der Waals surface area contributed by atoms with Gasteiger partial charge in [0.1, 0.15) is 0 Å². The summed E-state index contributed by atoms with van der Waals surface area (Å²) in [5, 5.41) is 2.17. The molecule has 2 nitrogen and oxygen atoms in total. The van der Waals surface area contributed by atoms with Gasteiger partial charge in [0.15, 0.2) is 0 Å². The molecule has 2 aromatic rings. The SMILES string of the molecule is CCC[C@@H]1c2sccc2CN2C(=O)c3ccccc3[C@H]12. The lowest BCUT2D eigenvalue weighted by atomic mass is 9.84. The van der Waals surface area contributed by atoms with Gasteiger partial charge in [0, 0.05) is 22.9 Å². The van der Waals surface area contributed by atoms with Gasteiger partial charge in [0.2, 0.25) is 0 Å². The summed E-state index contributed by atoms with van der Waals surface area (Å²) in [7, 11) is 0. The first kappa shape index (κ1) is 12.2. The molecule has 2 atom stereocenters. The maximum atomic E-state index is 12.6. The first-order chi connectivity index (χ1) is 9.81. The molecule has 1 aromatic heterocycles. The Morgan fingerprint density at radius 1 is 1.30 bits per heavy atom. The van der Waals surface area contributed by atoms with Crippen LogP contribution in [0.4, 0.5) is 0 Å². The first-order valence-electron chi connectivity index (χ1n) is 7.27. The first-order valence-corrected chi connectivity index (χ1v) is 8.15. The van der Waals surface area contributed by atoms with Crippen LogP contribution in [0.25, 0.3) is 0 Å². The number of fused-ring (bicyclic) bond motifs is 4. The van der Waals surface area contributed by atoms with Crippen molar-refractivity contribution >= 4 is 17.2 Å².